The Bertz CT molecular complexity index is 714. The normalized spacial score (nSPS) is 11.9. The van der Waals surface area contributed by atoms with Gasteiger partial charge in [-0.1, -0.05) is 30.3 Å². The summed E-state index contributed by atoms with van der Waals surface area (Å²) in [5.74, 6) is 0. The molecule has 0 fully saturated rings. The molecule has 0 bridgehead atoms. The zero-order chi connectivity index (χ0) is 13.5. The second kappa shape index (κ2) is 4.12. The second-order valence-corrected chi connectivity index (χ2v) is 4.17. The van der Waals surface area contributed by atoms with Crippen LogP contribution >= 0.6 is 0 Å². The summed E-state index contributed by atoms with van der Waals surface area (Å²) in [6.45, 7) is 0. The Kier molecular flexibility index (Phi) is 2.55. The van der Waals surface area contributed by atoms with Crippen LogP contribution in [0.1, 0.15) is 5.56 Å². The number of aromatic nitrogens is 2. The quantitative estimate of drug-likeness (QED) is 0.647. The van der Waals surface area contributed by atoms with Crippen LogP contribution < -0.4 is 0 Å². The van der Waals surface area contributed by atoms with E-state index in [9.17, 15) is 13.2 Å². The summed E-state index contributed by atoms with van der Waals surface area (Å²) in [4.78, 5) is 4.30. The third-order valence-corrected chi connectivity index (χ3v) is 2.85. The number of hydrogen-bond acceptors (Lipinski definition) is 1. The standard InChI is InChI=1S/C14H9F3N2/c15-14(16,17)11-6-7-13-18-12(9-19(13)8-11)10-4-2-1-3-5-10/h1-9H. The Morgan fingerprint density at radius 3 is 2.32 bits per heavy atom. The van der Waals surface area contributed by atoms with Crippen molar-refractivity contribution in [2.24, 2.45) is 0 Å². The molecule has 0 radical (unpaired) electrons. The van der Waals surface area contributed by atoms with Gasteiger partial charge in [-0.2, -0.15) is 13.2 Å². The van der Waals surface area contributed by atoms with Gasteiger partial charge < -0.3 is 4.40 Å². The molecule has 0 N–H and O–H groups in total. The van der Waals surface area contributed by atoms with Gasteiger partial charge in [0.1, 0.15) is 5.65 Å². The minimum atomic E-state index is -4.34. The van der Waals surface area contributed by atoms with Crippen molar-refractivity contribution in [2.45, 2.75) is 6.18 Å². The van der Waals surface area contributed by atoms with Crippen molar-refractivity contribution in [3.8, 4) is 11.3 Å². The van der Waals surface area contributed by atoms with Crippen LogP contribution in [0, 0.1) is 0 Å². The molecular weight excluding hydrogens is 253 g/mol. The van der Waals surface area contributed by atoms with Crippen molar-refractivity contribution in [3.05, 3.63) is 60.4 Å². The van der Waals surface area contributed by atoms with Crippen molar-refractivity contribution < 1.29 is 13.2 Å². The van der Waals surface area contributed by atoms with Crippen LogP contribution in [-0.2, 0) is 6.18 Å². The van der Waals surface area contributed by atoms with Crippen LogP contribution in [-0.4, -0.2) is 9.38 Å². The molecule has 0 spiro atoms. The van der Waals surface area contributed by atoms with E-state index in [-0.39, 0.29) is 0 Å². The summed E-state index contributed by atoms with van der Waals surface area (Å²) in [6.07, 6.45) is -1.69. The average molecular weight is 262 g/mol. The molecule has 3 rings (SSSR count). The molecule has 0 unspecified atom stereocenters. The molecule has 2 heterocycles. The fourth-order valence-corrected chi connectivity index (χ4v) is 1.91. The van der Waals surface area contributed by atoms with Gasteiger partial charge in [0.25, 0.3) is 0 Å². The lowest BCUT2D eigenvalue weighted by Crippen LogP contribution is -2.05. The predicted molar refractivity (Wildman–Crippen MR) is 65.6 cm³/mol. The lowest BCUT2D eigenvalue weighted by Gasteiger charge is -2.05. The third-order valence-electron chi connectivity index (χ3n) is 2.85. The lowest BCUT2D eigenvalue weighted by molar-refractivity contribution is -0.137. The SMILES string of the molecule is FC(F)(F)c1ccc2nc(-c3ccccc3)cn2c1. The summed E-state index contributed by atoms with van der Waals surface area (Å²) in [5.41, 5.74) is 1.34. The first-order valence-corrected chi connectivity index (χ1v) is 5.65. The lowest BCUT2D eigenvalue weighted by atomic mass is 10.2. The van der Waals surface area contributed by atoms with E-state index in [0.29, 0.717) is 11.3 Å². The maximum atomic E-state index is 12.6. The van der Waals surface area contributed by atoms with Gasteiger partial charge in [-0.25, -0.2) is 4.98 Å². The van der Waals surface area contributed by atoms with Gasteiger partial charge in [0.05, 0.1) is 11.3 Å². The molecule has 96 valence electrons. The molecular formula is C14H9F3N2. The van der Waals surface area contributed by atoms with E-state index >= 15 is 0 Å². The highest BCUT2D eigenvalue weighted by Gasteiger charge is 2.30. The maximum Gasteiger partial charge on any atom is 0.417 e. The third kappa shape index (κ3) is 2.19. The number of fused-ring (bicyclic) bond motifs is 1. The van der Waals surface area contributed by atoms with E-state index in [2.05, 4.69) is 4.98 Å². The van der Waals surface area contributed by atoms with Crippen LogP contribution in [0.15, 0.2) is 54.9 Å². The molecule has 0 amide bonds. The summed E-state index contributed by atoms with van der Waals surface area (Å²) in [6, 6.07) is 11.7. The molecule has 0 saturated heterocycles. The maximum absolute atomic E-state index is 12.6. The molecule has 0 aliphatic heterocycles. The van der Waals surface area contributed by atoms with E-state index in [4.69, 9.17) is 0 Å². The summed E-state index contributed by atoms with van der Waals surface area (Å²) in [5, 5.41) is 0. The Balaban J connectivity index is 2.12. The van der Waals surface area contributed by atoms with Crippen LogP contribution in [0.5, 0.6) is 0 Å². The number of nitrogens with zero attached hydrogens (tertiary/aromatic N) is 2. The minimum Gasteiger partial charge on any atom is -0.306 e. The highest BCUT2D eigenvalue weighted by molar-refractivity contribution is 5.62. The smallest absolute Gasteiger partial charge is 0.306 e. The Morgan fingerprint density at radius 2 is 1.63 bits per heavy atom. The Morgan fingerprint density at radius 1 is 0.895 bits per heavy atom. The molecule has 1 aromatic carbocycles. The van der Waals surface area contributed by atoms with E-state index in [1.807, 2.05) is 30.3 Å². The Hall–Kier alpha value is -2.30. The van der Waals surface area contributed by atoms with Crippen LogP contribution in [0.25, 0.3) is 16.9 Å². The number of imidazole rings is 1. The molecule has 0 saturated carbocycles. The Labute approximate surface area is 107 Å². The van der Waals surface area contributed by atoms with Gasteiger partial charge in [-0.05, 0) is 12.1 Å². The molecule has 5 heteroatoms. The van der Waals surface area contributed by atoms with Gasteiger partial charge in [0.2, 0.25) is 0 Å². The number of pyridine rings is 1. The van der Waals surface area contributed by atoms with Gasteiger partial charge in [0, 0.05) is 18.0 Å². The number of benzene rings is 1. The largest absolute Gasteiger partial charge is 0.417 e. The van der Waals surface area contributed by atoms with Gasteiger partial charge in [-0.15, -0.1) is 0 Å². The molecule has 2 aromatic heterocycles. The van der Waals surface area contributed by atoms with Crippen LogP contribution in [0.2, 0.25) is 0 Å². The highest BCUT2D eigenvalue weighted by Crippen LogP contribution is 2.29. The van der Waals surface area contributed by atoms with Gasteiger partial charge >= 0.3 is 6.18 Å². The molecule has 0 aliphatic rings. The summed E-state index contributed by atoms with van der Waals surface area (Å²) < 4.78 is 39.2. The predicted octanol–water partition coefficient (Wildman–Crippen LogP) is 4.02. The molecule has 19 heavy (non-hydrogen) atoms. The first-order chi connectivity index (χ1) is 9.04. The average Bonchev–Trinajstić information content (AvgIpc) is 2.81. The zero-order valence-corrected chi connectivity index (χ0v) is 9.72. The van der Waals surface area contributed by atoms with Crippen molar-refractivity contribution in [1.29, 1.82) is 0 Å². The van der Waals surface area contributed by atoms with Gasteiger partial charge in [-0.3, -0.25) is 0 Å². The number of rotatable bonds is 1. The fraction of sp³-hybridized carbons (Fsp3) is 0.0714. The van der Waals surface area contributed by atoms with E-state index in [0.717, 1.165) is 17.8 Å². The number of hydrogen-bond donors (Lipinski definition) is 0. The van der Waals surface area contributed by atoms with Crippen molar-refractivity contribution in [1.82, 2.24) is 9.38 Å². The topological polar surface area (TPSA) is 17.3 Å². The molecule has 2 nitrogen and oxygen atoms in total. The van der Waals surface area contributed by atoms with Crippen LogP contribution in [0.3, 0.4) is 0 Å². The highest BCUT2D eigenvalue weighted by atomic mass is 19.4. The number of halogens is 3. The zero-order valence-electron chi connectivity index (χ0n) is 9.72. The fourth-order valence-electron chi connectivity index (χ4n) is 1.91. The number of alkyl halides is 3. The molecule has 0 atom stereocenters. The first kappa shape index (κ1) is 11.8. The summed E-state index contributed by atoms with van der Waals surface area (Å²) >= 11 is 0. The van der Waals surface area contributed by atoms with E-state index in [1.54, 1.807) is 6.20 Å². The molecule has 0 aliphatic carbocycles. The molecule has 3 aromatic rings. The van der Waals surface area contributed by atoms with Crippen molar-refractivity contribution in [3.63, 3.8) is 0 Å². The first-order valence-electron chi connectivity index (χ1n) is 5.65. The van der Waals surface area contributed by atoms with E-state index in [1.165, 1.54) is 10.5 Å². The minimum absolute atomic E-state index is 0.492. The van der Waals surface area contributed by atoms with E-state index < -0.39 is 11.7 Å². The summed E-state index contributed by atoms with van der Waals surface area (Å²) in [7, 11) is 0. The second-order valence-electron chi connectivity index (χ2n) is 4.17. The van der Waals surface area contributed by atoms with Crippen LogP contribution in [0.4, 0.5) is 13.2 Å². The van der Waals surface area contributed by atoms with Gasteiger partial charge in [0.15, 0.2) is 0 Å². The van der Waals surface area contributed by atoms with Crippen molar-refractivity contribution >= 4 is 5.65 Å². The van der Waals surface area contributed by atoms with Crippen molar-refractivity contribution in [2.75, 3.05) is 0 Å². The monoisotopic (exact) mass is 262 g/mol.